The van der Waals surface area contributed by atoms with Gasteiger partial charge in [-0.3, -0.25) is 0 Å². The van der Waals surface area contributed by atoms with Gasteiger partial charge in [-0.25, -0.2) is 0 Å². The highest BCUT2D eigenvalue weighted by molar-refractivity contribution is 4.99. The molecule has 118 valence electrons. The van der Waals surface area contributed by atoms with Crippen molar-refractivity contribution < 1.29 is 4.74 Å². The molecule has 1 heterocycles. The molecule has 2 fully saturated rings. The van der Waals surface area contributed by atoms with Gasteiger partial charge in [0.15, 0.2) is 0 Å². The molecule has 1 aromatic rings. The van der Waals surface area contributed by atoms with Crippen LogP contribution in [-0.4, -0.2) is 37.2 Å². The molecule has 2 nitrogen and oxygen atoms in total. The largest absolute Gasteiger partial charge is 0.378 e. The van der Waals surface area contributed by atoms with Crippen LogP contribution < -0.4 is 0 Å². The van der Waals surface area contributed by atoms with E-state index >= 15 is 0 Å². The Morgan fingerprint density at radius 2 is 1.43 bits per heavy atom. The number of benzene rings is 1. The van der Waals surface area contributed by atoms with Gasteiger partial charge in [-0.05, 0) is 45.7 Å². The topological polar surface area (TPSA) is 12.5 Å². The van der Waals surface area contributed by atoms with E-state index in [4.69, 9.17) is 4.74 Å². The smallest absolute Gasteiger partial charge is 0.0575 e. The second kappa shape index (κ2) is 9.97. The maximum absolute atomic E-state index is 5.93. The molecule has 2 heteroatoms. The van der Waals surface area contributed by atoms with Crippen molar-refractivity contribution in [2.75, 3.05) is 20.2 Å². The van der Waals surface area contributed by atoms with E-state index in [1.165, 1.54) is 57.9 Å². The van der Waals surface area contributed by atoms with Crippen molar-refractivity contribution in [2.24, 2.45) is 0 Å². The average Bonchev–Trinajstić information content (AvgIpc) is 3.05. The third-order valence-electron chi connectivity index (χ3n) is 4.70. The fraction of sp³-hybridized carbons (Fsp3) is 0.684. The summed E-state index contributed by atoms with van der Waals surface area (Å²) in [6.07, 6.45) is 11.4. The number of ether oxygens (including phenoxy) is 1. The van der Waals surface area contributed by atoms with Gasteiger partial charge in [0.1, 0.15) is 0 Å². The molecule has 1 aromatic carbocycles. The highest BCUT2D eigenvalue weighted by Crippen LogP contribution is 2.22. The molecule has 0 radical (unpaired) electrons. The van der Waals surface area contributed by atoms with Crippen molar-refractivity contribution in [3.05, 3.63) is 36.4 Å². The molecular weight excluding hydrogens is 258 g/mol. The summed E-state index contributed by atoms with van der Waals surface area (Å²) in [6, 6.07) is 12.8. The third-order valence-corrected chi connectivity index (χ3v) is 4.70. The molecule has 1 atom stereocenters. The van der Waals surface area contributed by atoms with Crippen molar-refractivity contribution in [1.82, 2.24) is 4.90 Å². The Balaban J connectivity index is 0.000000225. The Morgan fingerprint density at radius 3 is 2.00 bits per heavy atom. The first kappa shape index (κ1) is 16.5. The molecule has 1 saturated carbocycles. The van der Waals surface area contributed by atoms with E-state index in [0.717, 1.165) is 12.6 Å². The second-order valence-electron chi connectivity index (χ2n) is 6.35. The van der Waals surface area contributed by atoms with E-state index in [1.807, 2.05) is 36.4 Å². The van der Waals surface area contributed by atoms with Crippen LogP contribution in [0.15, 0.2) is 36.4 Å². The van der Waals surface area contributed by atoms with Gasteiger partial charge < -0.3 is 9.64 Å². The summed E-state index contributed by atoms with van der Waals surface area (Å²) in [4.78, 5) is 2.52. The molecule has 1 aliphatic carbocycles. The minimum atomic E-state index is 0.596. The standard InChI is InChI=1S/C13H25NO.C6H6/c1-14-10-5-4-6-12(14)9-11-15-13-7-2-3-8-13;1-2-4-6-5-3-1/h12-13H,2-11H2,1H3;1-6H. The number of piperidine rings is 1. The minimum Gasteiger partial charge on any atom is -0.378 e. The van der Waals surface area contributed by atoms with E-state index in [0.29, 0.717) is 6.10 Å². The quantitative estimate of drug-likeness (QED) is 0.809. The lowest BCUT2D eigenvalue weighted by Gasteiger charge is -2.32. The molecule has 0 spiro atoms. The summed E-state index contributed by atoms with van der Waals surface area (Å²) < 4.78 is 5.93. The molecule has 0 bridgehead atoms. The Hall–Kier alpha value is -0.860. The summed E-state index contributed by atoms with van der Waals surface area (Å²) in [5, 5.41) is 0. The number of hydrogen-bond donors (Lipinski definition) is 0. The first-order valence-electron chi connectivity index (χ1n) is 8.68. The van der Waals surface area contributed by atoms with Crippen LogP contribution in [0.3, 0.4) is 0 Å². The summed E-state index contributed by atoms with van der Waals surface area (Å²) >= 11 is 0. The maximum Gasteiger partial charge on any atom is 0.0575 e. The van der Waals surface area contributed by atoms with Crippen LogP contribution in [-0.2, 0) is 4.74 Å². The molecule has 0 amide bonds. The molecule has 21 heavy (non-hydrogen) atoms. The normalized spacial score (nSPS) is 23.6. The molecule has 0 N–H and O–H groups in total. The van der Waals surface area contributed by atoms with Crippen molar-refractivity contribution >= 4 is 0 Å². The summed E-state index contributed by atoms with van der Waals surface area (Å²) in [6.45, 7) is 2.27. The number of hydrogen-bond acceptors (Lipinski definition) is 2. The van der Waals surface area contributed by atoms with Crippen molar-refractivity contribution in [2.45, 2.75) is 63.5 Å². The second-order valence-corrected chi connectivity index (χ2v) is 6.35. The van der Waals surface area contributed by atoms with Crippen LogP contribution in [0.4, 0.5) is 0 Å². The van der Waals surface area contributed by atoms with Crippen molar-refractivity contribution in [3.63, 3.8) is 0 Å². The van der Waals surface area contributed by atoms with Crippen LogP contribution in [0.1, 0.15) is 51.4 Å². The van der Waals surface area contributed by atoms with E-state index in [1.54, 1.807) is 0 Å². The zero-order valence-electron chi connectivity index (χ0n) is 13.5. The third kappa shape index (κ3) is 6.62. The lowest BCUT2D eigenvalue weighted by Crippen LogP contribution is -2.37. The Morgan fingerprint density at radius 1 is 0.857 bits per heavy atom. The van der Waals surface area contributed by atoms with Gasteiger partial charge in [-0.2, -0.15) is 0 Å². The molecule has 1 saturated heterocycles. The predicted octanol–water partition coefficient (Wildman–Crippen LogP) is 4.51. The predicted molar refractivity (Wildman–Crippen MR) is 89.5 cm³/mol. The highest BCUT2D eigenvalue weighted by Gasteiger charge is 2.20. The first-order valence-corrected chi connectivity index (χ1v) is 8.68. The molecule has 1 aliphatic heterocycles. The molecule has 3 rings (SSSR count). The monoisotopic (exact) mass is 289 g/mol. The summed E-state index contributed by atoms with van der Waals surface area (Å²) in [5.41, 5.74) is 0. The van der Waals surface area contributed by atoms with Crippen LogP contribution >= 0.6 is 0 Å². The number of rotatable bonds is 4. The average molecular weight is 289 g/mol. The minimum absolute atomic E-state index is 0.596. The molecule has 1 unspecified atom stereocenters. The van der Waals surface area contributed by atoms with E-state index in [2.05, 4.69) is 11.9 Å². The van der Waals surface area contributed by atoms with Gasteiger partial charge in [0, 0.05) is 12.6 Å². The van der Waals surface area contributed by atoms with Gasteiger partial charge in [-0.1, -0.05) is 55.7 Å². The zero-order valence-corrected chi connectivity index (χ0v) is 13.5. The highest BCUT2D eigenvalue weighted by atomic mass is 16.5. The van der Waals surface area contributed by atoms with E-state index in [-0.39, 0.29) is 0 Å². The van der Waals surface area contributed by atoms with Crippen LogP contribution in [0.2, 0.25) is 0 Å². The Bertz CT molecular complexity index is 321. The molecule has 0 aromatic heterocycles. The fourth-order valence-corrected chi connectivity index (χ4v) is 3.32. The summed E-state index contributed by atoms with van der Waals surface area (Å²) in [7, 11) is 2.26. The van der Waals surface area contributed by atoms with Gasteiger partial charge in [0.25, 0.3) is 0 Å². The summed E-state index contributed by atoms with van der Waals surface area (Å²) in [5.74, 6) is 0. The number of nitrogens with zero attached hydrogens (tertiary/aromatic N) is 1. The first-order chi connectivity index (χ1) is 10.4. The van der Waals surface area contributed by atoms with Gasteiger partial charge in [0.2, 0.25) is 0 Å². The zero-order chi connectivity index (χ0) is 14.8. The van der Waals surface area contributed by atoms with Crippen LogP contribution in [0, 0.1) is 0 Å². The molecular formula is C19H31NO. The van der Waals surface area contributed by atoms with Gasteiger partial charge in [-0.15, -0.1) is 0 Å². The van der Waals surface area contributed by atoms with Crippen molar-refractivity contribution in [3.8, 4) is 0 Å². The Kier molecular flexibility index (Phi) is 7.83. The van der Waals surface area contributed by atoms with Gasteiger partial charge in [0.05, 0.1) is 6.10 Å². The lowest BCUT2D eigenvalue weighted by atomic mass is 10.0. The van der Waals surface area contributed by atoms with Crippen LogP contribution in [0.5, 0.6) is 0 Å². The van der Waals surface area contributed by atoms with Crippen LogP contribution in [0.25, 0.3) is 0 Å². The van der Waals surface area contributed by atoms with Crippen molar-refractivity contribution in [1.29, 1.82) is 0 Å². The Labute approximate surface area is 130 Å². The fourth-order valence-electron chi connectivity index (χ4n) is 3.32. The van der Waals surface area contributed by atoms with E-state index < -0.39 is 0 Å². The van der Waals surface area contributed by atoms with Gasteiger partial charge >= 0.3 is 0 Å². The molecule has 2 aliphatic rings. The lowest BCUT2D eigenvalue weighted by molar-refractivity contribution is 0.0381. The SMILES string of the molecule is CN1CCCCC1CCOC1CCCC1.c1ccccc1. The van der Waals surface area contributed by atoms with E-state index in [9.17, 15) is 0 Å². The number of likely N-dealkylation sites (tertiary alicyclic amines) is 1. The maximum atomic E-state index is 5.93.